The number of hydrogen-bond acceptors (Lipinski definition) is 3. The van der Waals surface area contributed by atoms with Crippen LogP contribution in [0.5, 0.6) is 0 Å². The van der Waals surface area contributed by atoms with Gasteiger partial charge in [0.1, 0.15) is 17.4 Å². The molecule has 0 unspecified atom stereocenters. The van der Waals surface area contributed by atoms with E-state index in [9.17, 15) is 39.9 Å². The van der Waals surface area contributed by atoms with Gasteiger partial charge in [-0.1, -0.05) is 0 Å². The summed E-state index contributed by atoms with van der Waals surface area (Å²) < 4.78 is 105. The third-order valence-corrected chi connectivity index (χ3v) is 7.03. The Hall–Kier alpha value is -2.85. The van der Waals surface area contributed by atoms with Crippen molar-refractivity contribution < 1.29 is 39.9 Å². The smallest absolute Gasteiger partial charge is 0.369 e. The maximum absolute atomic E-state index is 14.3. The topological polar surface area (TPSA) is 23.6 Å². The molecular formula is C25H24F8N2O. The Labute approximate surface area is 202 Å². The Bertz CT molecular complexity index is 1010. The zero-order valence-corrected chi connectivity index (χ0v) is 19.1. The maximum Gasteiger partial charge on any atom is 0.416 e. The molecule has 2 aromatic carbocycles. The highest BCUT2D eigenvalue weighted by Crippen LogP contribution is 2.36. The van der Waals surface area contributed by atoms with Gasteiger partial charge < -0.3 is 9.80 Å². The molecule has 2 fully saturated rings. The molecule has 2 aliphatic rings. The van der Waals surface area contributed by atoms with Crippen LogP contribution in [0, 0.1) is 23.5 Å². The lowest BCUT2D eigenvalue weighted by Gasteiger charge is -2.37. The summed E-state index contributed by atoms with van der Waals surface area (Å²) in [6.07, 6.45) is -7.51. The highest BCUT2D eigenvalue weighted by atomic mass is 19.4. The van der Waals surface area contributed by atoms with E-state index in [4.69, 9.17) is 0 Å². The molecule has 0 aliphatic carbocycles. The van der Waals surface area contributed by atoms with E-state index in [-0.39, 0.29) is 29.0 Å². The normalized spacial score (nSPS) is 18.6. The van der Waals surface area contributed by atoms with E-state index in [0.29, 0.717) is 64.0 Å². The van der Waals surface area contributed by atoms with Gasteiger partial charge in [-0.05, 0) is 62.1 Å². The average molecular weight is 520 g/mol. The molecule has 0 aromatic heterocycles. The number of ketones is 1. The predicted octanol–water partition coefficient (Wildman–Crippen LogP) is 6.70. The number of alkyl halides is 6. The van der Waals surface area contributed by atoms with Gasteiger partial charge in [-0.3, -0.25) is 4.79 Å². The number of anilines is 2. The summed E-state index contributed by atoms with van der Waals surface area (Å²) in [6.45, 7) is 1.31. The van der Waals surface area contributed by atoms with Gasteiger partial charge in [0.15, 0.2) is 0 Å². The van der Waals surface area contributed by atoms with Crippen LogP contribution in [0.3, 0.4) is 0 Å². The molecule has 4 rings (SSSR count). The standard InChI is InChI=1S/C25H24F8N2O/c26-19-13-17(24(28,29)30)1-3-21(19)34-9-5-15(6-10-34)23(36)16-7-11-35(12-8-16)22-4-2-18(14-20(22)27)25(31,32)33/h1-4,13-16H,5-12H2. The highest BCUT2D eigenvalue weighted by Gasteiger charge is 2.36. The van der Waals surface area contributed by atoms with Gasteiger partial charge in [-0.15, -0.1) is 0 Å². The molecule has 0 spiro atoms. The van der Waals surface area contributed by atoms with Crippen molar-refractivity contribution >= 4 is 17.2 Å². The first-order valence-corrected chi connectivity index (χ1v) is 11.6. The SMILES string of the molecule is O=C(C1CCN(c2ccc(C(F)(F)F)cc2F)CC1)C1CCN(c2ccc(C(F)(F)F)cc2F)CC1. The Morgan fingerprint density at radius 2 is 0.972 bits per heavy atom. The summed E-state index contributed by atoms with van der Waals surface area (Å²) in [4.78, 5) is 16.3. The summed E-state index contributed by atoms with van der Waals surface area (Å²) in [5.74, 6) is -2.40. The van der Waals surface area contributed by atoms with E-state index in [0.717, 1.165) is 24.3 Å². The quantitative estimate of drug-likeness (QED) is 0.419. The molecule has 0 saturated carbocycles. The Morgan fingerprint density at radius 1 is 0.639 bits per heavy atom. The van der Waals surface area contributed by atoms with E-state index in [1.165, 1.54) is 0 Å². The largest absolute Gasteiger partial charge is 0.416 e. The Morgan fingerprint density at radius 3 is 1.25 bits per heavy atom. The lowest BCUT2D eigenvalue weighted by molar-refractivity contribution is -0.138. The van der Waals surface area contributed by atoms with Crippen LogP contribution in [0.1, 0.15) is 36.8 Å². The molecule has 2 saturated heterocycles. The van der Waals surface area contributed by atoms with Crippen LogP contribution in [-0.4, -0.2) is 32.0 Å². The fraction of sp³-hybridized carbons (Fsp3) is 0.480. The molecule has 0 atom stereocenters. The van der Waals surface area contributed by atoms with Gasteiger partial charge in [0.05, 0.1) is 22.5 Å². The van der Waals surface area contributed by atoms with Crippen LogP contribution in [0.4, 0.5) is 46.5 Å². The van der Waals surface area contributed by atoms with Crippen molar-refractivity contribution in [2.45, 2.75) is 38.0 Å². The first-order valence-electron chi connectivity index (χ1n) is 11.6. The first kappa shape index (κ1) is 26.2. The molecular weight excluding hydrogens is 496 g/mol. The number of hydrogen-bond donors (Lipinski definition) is 0. The number of halogens is 8. The molecule has 0 bridgehead atoms. The molecule has 0 amide bonds. The van der Waals surface area contributed by atoms with Crippen molar-refractivity contribution in [3.63, 3.8) is 0 Å². The van der Waals surface area contributed by atoms with Gasteiger partial charge in [0, 0.05) is 38.0 Å². The zero-order chi connectivity index (χ0) is 26.3. The van der Waals surface area contributed by atoms with Gasteiger partial charge in [-0.2, -0.15) is 26.3 Å². The van der Waals surface area contributed by atoms with Gasteiger partial charge in [-0.25, -0.2) is 8.78 Å². The molecule has 196 valence electrons. The molecule has 11 heteroatoms. The van der Waals surface area contributed by atoms with Crippen LogP contribution in [-0.2, 0) is 17.1 Å². The van der Waals surface area contributed by atoms with Gasteiger partial charge >= 0.3 is 12.4 Å². The first-order chi connectivity index (χ1) is 16.8. The summed E-state index contributed by atoms with van der Waals surface area (Å²) >= 11 is 0. The number of piperidine rings is 2. The summed E-state index contributed by atoms with van der Waals surface area (Å²) in [5.41, 5.74) is -1.98. The van der Waals surface area contributed by atoms with Crippen molar-refractivity contribution in [1.29, 1.82) is 0 Å². The van der Waals surface area contributed by atoms with Crippen molar-refractivity contribution in [3.8, 4) is 0 Å². The van der Waals surface area contributed by atoms with E-state index < -0.39 is 35.1 Å². The van der Waals surface area contributed by atoms with Crippen LogP contribution in [0.15, 0.2) is 36.4 Å². The number of carbonyl (C=O) groups excluding carboxylic acids is 1. The molecule has 3 nitrogen and oxygen atoms in total. The van der Waals surface area contributed by atoms with Crippen molar-refractivity contribution in [3.05, 3.63) is 59.2 Å². The van der Waals surface area contributed by atoms with Gasteiger partial charge in [0.2, 0.25) is 0 Å². The van der Waals surface area contributed by atoms with Crippen LogP contribution >= 0.6 is 0 Å². The molecule has 2 aromatic rings. The van der Waals surface area contributed by atoms with Crippen LogP contribution < -0.4 is 9.80 Å². The average Bonchev–Trinajstić information content (AvgIpc) is 2.83. The van der Waals surface area contributed by atoms with Crippen LogP contribution in [0.25, 0.3) is 0 Å². The summed E-state index contributed by atoms with van der Waals surface area (Å²) in [7, 11) is 0. The number of carbonyl (C=O) groups is 1. The minimum atomic E-state index is -4.63. The summed E-state index contributed by atoms with van der Waals surface area (Å²) in [6, 6.07) is 4.83. The van der Waals surface area contributed by atoms with Crippen molar-refractivity contribution in [1.82, 2.24) is 0 Å². The molecule has 0 N–H and O–H groups in total. The van der Waals surface area contributed by atoms with Crippen LogP contribution in [0.2, 0.25) is 0 Å². The van der Waals surface area contributed by atoms with Gasteiger partial charge in [0.25, 0.3) is 0 Å². The second-order valence-corrected chi connectivity index (χ2v) is 9.25. The number of Topliss-reactive ketones (excluding diaryl/α,β-unsaturated/α-hetero) is 1. The number of nitrogens with zero attached hydrogens (tertiary/aromatic N) is 2. The maximum atomic E-state index is 14.3. The van der Waals surface area contributed by atoms with Crippen molar-refractivity contribution in [2.24, 2.45) is 11.8 Å². The molecule has 2 heterocycles. The predicted molar refractivity (Wildman–Crippen MR) is 118 cm³/mol. The second kappa shape index (κ2) is 9.89. The van der Waals surface area contributed by atoms with E-state index in [1.807, 2.05) is 0 Å². The fourth-order valence-electron chi connectivity index (χ4n) is 5.02. The highest BCUT2D eigenvalue weighted by molar-refractivity contribution is 5.84. The lowest BCUT2D eigenvalue weighted by Crippen LogP contribution is -2.42. The third-order valence-electron chi connectivity index (χ3n) is 7.03. The molecule has 2 aliphatic heterocycles. The molecule has 0 radical (unpaired) electrons. The second-order valence-electron chi connectivity index (χ2n) is 9.25. The minimum absolute atomic E-state index is 0.0510. The lowest BCUT2D eigenvalue weighted by atomic mass is 9.81. The fourth-order valence-corrected chi connectivity index (χ4v) is 5.02. The summed E-state index contributed by atoms with van der Waals surface area (Å²) in [5, 5.41) is 0. The zero-order valence-electron chi connectivity index (χ0n) is 19.1. The van der Waals surface area contributed by atoms with E-state index in [1.54, 1.807) is 9.80 Å². The Balaban J connectivity index is 1.31. The third kappa shape index (κ3) is 5.59. The number of benzene rings is 2. The monoisotopic (exact) mass is 520 g/mol. The Kier molecular flexibility index (Phi) is 7.21. The number of rotatable bonds is 4. The van der Waals surface area contributed by atoms with Crippen molar-refractivity contribution in [2.75, 3.05) is 36.0 Å². The van der Waals surface area contributed by atoms with E-state index in [2.05, 4.69) is 0 Å². The minimum Gasteiger partial charge on any atom is -0.369 e. The molecule has 36 heavy (non-hydrogen) atoms. The van der Waals surface area contributed by atoms with E-state index >= 15 is 0 Å².